The van der Waals surface area contributed by atoms with Crippen molar-refractivity contribution in [2.24, 2.45) is 0 Å². The van der Waals surface area contributed by atoms with Crippen molar-refractivity contribution in [3.8, 4) is 0 Å². The lowest BCUT2D eigenvalue weighted by Gasteiger charge is -2.20. The minimum atomic E-state index is -1.16. The Bertz CT molecular complexity index is 1130. The smallest absolute Gasteiger partial charge is 0.336 e. The van der Waals surface area contributed by atoms with Crippen LogP contribution in [-0.2, 0) is 6.54 Å². The van der Waals surface area contributed by atoms with Gasteiger partial charge in [0.05, 0.1) is 34.1 Å². The zero-order chi connectivity index (χ0) is 23.1. The Hall–Kier alpha value is -3.39. The maximum atomic E-state index is 13.1. The fourth-order valence-electron chi connectivity index (χ4n) is 3.65. The van der Waals surface area contributed by atoms with E-state index < -0.39 is 17.9 Å². The summed E-state index contributed by atoms with van der Waals surface area (Å²) >= 11 is 5.65. The third kappa shape index (κ3) is 5.26. The molecular formula is C23H26ClN5O3. The van der Waals surface area contributed by atoms with Gasteiger partial charge in [0.1, 0.15) is 11.7 Å². The van der Waals surface area contributed by atoms with E-state index in [-0.39, 0.29) is 22.8 Å². The number of rotatable bonds is 10. The monoisotopic (exact) mass is 455 g/mol. The van der Waals surface area contributed by atoms with Crippen LogP contribution in [0.15, 0.2) is 48.5 Å². The van der Waals surface area contributed by atoms with E-state index in [1.54, 1.807) is 12.1 Å². The van der Waals surface area contributed by atoms with E-state index in [0.29, 0.717) is 31.8 Å². The van der Waals surface area contributed by atoms with Crippen molar-refractivity contribution < 1.29 is 14.7 Å². The summed E-state index contributed by atoms with van der Waals surface area (Å²) in [4.78, 5) is 29.4. The van der Waals surface area contributed by atoms with Gasteiger partial charge in [-0.1, -0.05) is 24.3 Å². The maximum absolute atomic E-state index is 13.1. The number of alkyl halides is 1. The fourth-order valence-corrected chi connectivity index (χ4v) is 3.75. The van der Waals surface area contributed by atoms with Crippen molar-refractivity contribution in [2.45, 2.75) is 32.4 Å². The van der Waals surface area contributed by atoms with Crippen molar-refractivity contribution >= 4 is 40.3 Å². The Labute approximate surface area is 191 Å². The zero-order valence-corrected chi connectivity index (χ0v) is 18.5. The van der Waals surface area contributed by atoms with Gasteiger partial charge in [0.2, 0.25) is 0 Å². The first kappa shape index (κ1) is 23.3. The highest BCUT2D eigenvalue weighted by molar-refractivity contribution is 6.27. The number of imidazole rings is 1. The summed E-state index contributed by atoms with van der Waals surface area (Å²) in [5.74, 6) is -0.565. The van der Waals surface area contributed by atoms with Crippen LogP contribution >= 0.6 is 11.6 Å². The summed E-state index contributed by atoms with van der Waals surface area (Å²) in [7, 11) is 0. The van der Waals surface area contributed by atoms with Gasteiger partial charge in [-0.15, -0.1) is 11.6 Å². The Balaban J connectivity index is 1.90. The number of hydrogen-bond donors (Lipinski definition) is 4. The number of carboxylic acids is 1. The molecule has 1 amide bonds. The van der Waals surface area contributed by atoms with Crippen LogP contribution in [0.3, 0.4) is 0 Å². The normalized spacial score (nSPS) is 11.8. The minimum absolute atomic E-state index is 0.0510. The third-order valence-electron chi connectivity index (χ3n) is 5.16. The molecule has 9 heteroatoms. The van der Waals surface area contributed by atoms with Crippen molar-refractivity contribution in [1.82, 2.24) is 20.2 Å². The van der Waals surface area contributed by atoms with Gasteiger partial charge >= 0.3 is 5.97 Å². The molecule has 3 rings (SSSR count). The number of carboxylic acid groups (broad SMARTS) is 1. The van der Waals surface area contributed by atoms with Crippen LogP contribution < -0.4 is 10.6 Å². The number of aryl methyl sites for hydroxylation is 1. The number of halogens is 1. The van der Waals surface area contributed by atoms with Crippen LogP contribution in [0.25, 0.3) is 11.0 Å². The second-order valence-electron chi connectivity index (χ2n) is 7.26. The summed E-state index contributed by atoms with van der Waals surface area (Å²) in [5, 5.41) is 23.0. The molecule has 2 aromatic carbocycles. The van der Waals surface area contributed by atoms with Crippen LogP contribution in [0, 0.1) is 5.41 Å². The van der Waals surface area contributed by atoms with E-state index in [0.717, 1.165) is 11.0 Å². The Morgan fingerprint density at radius 2 is 1.84 bits per heavy atom. The highest BCUT2D eigenvalue weighted by Gasteiger charge is 2.24. The highest BCUT2D eigenvalue weighted by Crippen LogP contribution is 2.24. The molecule has 1 atom stereocenters. The second-order valence-corrected chi connectivity index (χ2v) is 7.53. The Morgan fingerprint density at radius 3 is 2.53 bits per heavy atom. The van der Waals surface area contributed by atoms with Crippen molar-refractivity contribution in [2.75, 3.05) is 12.4 Å². The quantitative estimate of drug-likeness (QED) is 0.160. The molecule has 0 aliphatic rings. The average Bonchev–Trinajstić information content (AvgIpc) is 3.19. The maximum Gasteiger partial charge on any atom is 0.336 e. The predicted octanol–water partition coefficient (Wildman–Crippen LogP) is 3.81. The van der Waals surface area contributed by atoms with Gasteiger partial charge in [-0.3, -0.25) is 10.2 Å². The van der Waals surface area contributed by atoms with Crippen molar-refractivity contribution in [3.63, 3.8) is 0 Å². The van der Waals surface area contributed by atoms with Crippen LogP contribution in [0.2, 0.25) is 0 Å². The molecule has 1 heterocycles. The van der Waals surface area contributed by atoms with E-state index in [2.05, 4.69) is 15.2 Å². The summed E-state index contributed by atoms with van der Waals surface area (Å²) in [6.07, 6.45) is 1.20. The molecule has 0 saturated heterocycles. The molecular weight excluding hydrogens is 430 g/mol. The first-order valence-corrected chi connectivity index (χ1v) is 10.9. The van der Waals surface area contributed by atoms with E-state index in [1.165, 1.54) is 12.1 Å². The van der Waals surface area contributed by atoms with Gasteiger partial charge in [-0.25, -0.2) is 9.78 Å². The van der Waals surface area contributed by atoms with Crippen LogP contribution in [-0.4, -0.2) is 44.8 Å². The van der Waals surface area contributed by atoms with Gasteiger partial charge in [0.25, 0.3) is 5.91 Å². The molecule has 4 N–H and O–H groups in total. The Kier molecular flexibility index (Phi) is 7.83. The first-order chi connectivity index (χ1) is 15.5. The summed E-state index contributed by atoms with van der Waals surface area (Å²) < 4.78 is 2.05. The van der Waals surface area contributed by atoms with Crippen molar-refractivity contribution in [3.05, 3.63) is 65.5 Å². The molecule has 3 aromatic rings. The number of carbonyl (C=O) groups is 2. The molecule has 8 nitrogen and oxygen atoms in total. The molecule has 0 aliphatic heterocycles. The minimum Gasteiger partial charge on any atom is -0.478 e. The number of hydrogen-bond acceptors (Lipinski definition) is 4. The zero-order valence-electron chi connectivity index (χ0n) is 17.8. The van der Waals surface area contributed by atoms with E-state index in [1.807, 2.05) is 31.2 Å². The second kappa shape index (κ2) is 10.8. The SMILES string of the molecule is CCn1c([C@H](CCCNC(=N)CCl)NC(=O)c2ccccc2C(=O)O)nc2ccccc21. The average molecular weight is 456 g/mol. The van der Waals surface area contributed by atoms with Crippen LogP contribution in [0.4, 0.5) is 0 Å². The number of aromatic carboxylic acids is 1. The van der Waals surface area contributed by atoms with Crippen molar-refractivity contribution in [1.29, 1.82) is 5.41 Å². The number of benzene rings is 2. The summed E-state index contributed by atoms with van der Waals surface area (Å²) in [6, 6.07) is 13.5. The third-order valence-corrected chi connectivity index (χ3v) is 5.43. The number of amides is 1. The fraction of sp³-hybridized carbons (Fsp3) is 0.304. The number of nitrogens with zero attached hydrogens (tertiary/aromatic N) is 2. The van der Waals surface area contributed by atoms with Gasteiger partial charge in [-0.05, 0) is 44.0 Å². The number of carbonyl (C=O) groups excluding carboxylic acids is 1. The van der Waals surface area contributed by atoms with E-state index >= 15 is 0 Å². The molecule has 168 valence electrons. The Morgan fingerprint density at radius 1 is 1.16 bits per heavy atom. The molecule has 0 unspecified atom stereocenters. The standard InChI is InChI=1S/C23H26ClN5O3/c1-2-29-19-12-6-5-10-17(19)27-21(29)18(11-7-13-26-20(25)14-24)28-22(30)15-8-3-4-9-16(15)23(31)32/h3-6,8-10,12,18H,2,7,11,13-14H2,1H3,(H2,25,26)(H,28,30)(H,31,32)/t18-/m0/s1. The molecule has 0 spiro atoms. The molecule has 0 radical (unpaired) electrons. The van der Waals surface area contributed by atoms with E-state index in [4.69, 9.17) is 22.0 Å². The number of nitrogens with one attached hydrogen (secondary N) is 3. The summed E-state index contributed by atoms with van der Waals surface area (Å²) in [6.45, 7) is 3.21. The molecule has 0 bridgehead atoms. The molecule has 32 heavy (non-hydrogen) atoms. The number of amidine groups is 1. The predicted molar refractivity (Wildman–Crippen MR) is 125 cm³/mol. The lowest BCUT2D eigenvalue weighted by molar-refractivity contribution is 0.0690. The van der Waals surface area contributed by atoms with E-state index in [9.17, 15) is 14.7 Å². The topological polar surface area (TPSA) is 120 Å². The lowest BCUT2D eigenvalue weighted by atomic mass is 10.1. The van der Waals surface area contributed by atoms with Gasteiger partial charge in [0, 0.05) is 13.1 Å². The summed E-state index contributed by atoms with van der Waals surface area (Å²) in [5.41, 5.74) is 1.85. The van der Waals surface area contributed by atoms with Crippen LogP contribution in [0.1, 0.15) is 52.3 Å². The molecule has 0 aliphatic carbocycles. The number of fused-ring (bicyclic) bond motifs is 1. The highest BCUT2D eigenvalue weighted by atomic mass is 35.5. The van der Waals surface area contributed by atoms with Gasteiger partial charge < -0.3 is 20.3 Å². The molecule has 0 saturated carbocycles. The largest absolute Gasteiger partial charge is 0.478 e. The van der Waals surface area contributed by atoms with Crippen LogP contribution in [0.5, 0.6) is 0 Å². The van der Waals surface area contributed by atoms with Gasteiger partial charge in [-0.2, -0.15) is 0 Å². The number of para-hydroxylation sites is 2. The lowest BCUT2D eigenvalue weighted by Crippen LogP contribution is -2.32. The molecule has 1 aromatic heterocycles. The molecule has 0 fully saturated rings. The number of aromatic nitrogens is 2. The van der Waals surface area contributed by atoms with Gasteiger partial charge in [0.15, 0.2) is 0 Å². The first-order valence-electron chi connectivity index (χ1n) is 10.4.